The van der Waals surface area contributed by atoms with Crippen LogP contribution in [0.4, 0.5) is 0 Å². The molecule has 3 rings (SSSR count). The Kier molecular flexibility index (Phi) is 9.39. The van der Waals surface area contributed by atoms with Crippen molar-refractivity contribution in [3.8, 4) is 0 Å². The van der Waals surface area contributed by atoms with Gasteiger partial charge in [-0.3, -0.25) is 4.79 Å². The summed E-state index contributed by atoms with van der Waals surface area (Å²) in [7, 11) is 0. The van der Waals surface area contributed by atoms with Crippen LogP contribution in [-0.2, 0) is 4.79 Å². The van der Waals surface area contributed by atoms with Crippen molar-refractivity contribution in [2.75, 3.05) is 45.8 Å². The highest BCUT2D eigenvalue weighted by molar-refractivity contribution is 7.09. The van der Waals surface area contributed by atoms with Crippen LogP contribution in [0.25, 0.3) is 0 Å². The van der Waals surface area contributed by atoms with Crippen molar-refractivity contribution >= 4 is 42.1 Å². The topological polar surface area (TPSA) is 48.5 Å². The number of amides is 1. The monoisotopic (exact) mass is 380 g/mol. The van der Waals surface area contributed by atoms with Crippen molar-refractivity contribution in [1.82, 2.24) is 20.1 Å². The van der Waals surface area contributed by atoms with E-state index >= 15 is 0 Å². The van der Waals surface area contributed by atoms with Crippen LogP contribution in [0.1, 0.15) is 30.2 Å². The quantitative estimate of drug-likeness (QED) is 0.867. The average Bonchev–Trinajstić information content (AvgIpc) is 3.08. The molecule has 0 aromatic carbocycles. The average molecular weight is 381 g/mol. The normalized spacial score (nSPS) is 19.7. The summed E-state index contributed by atoms with van der Waals surface area (Å²) in [5, 5.41) is 6.63. The van der Waals surface area contributed by atoms with Gasteiger partial charge in [-0.2, -0.15) is 0 Å². The highest BCUT2D eigenvalue weighted by Gasteiger charge is 2.23. The molecule has 2 saturated heterocycles. The lowest BCUT2D eigenvalue weighted by atomic mass is 9.97. The second-order valence-corrected chi connectivity index (χ2v) is 6.79. The number of nitrogens with zero attached hydrogens (tertiary/aromatic N) is 3. The van der Waals surface area contributed by atoms with Gasteiger partial charge in [0.05, 0.1) is 5.01 Å². The largest absolute Gasteiger partial charge is 0.340 e. The van der Waals surface area contributed by atoms with E-state index in [1.807, 2.05) is 11.1 Å². The van der Waals surface area contributed by atoms with Gasteiger partial charge in [-0.1, -0.05) is 0 Å². The van der Waals surface area contributed by atoms with Gasteiger partial charge in [0.25, 0.3) is 0 Å². The molecule has 0 bridgehead atoms. The summed E-state index contributed by atoms with van der Waals surface area (Å²) in [5.41, 5.74) is 0. The molecule has 0 radical (unpaired) electrons. The van der Waals surface area contributed by atoms with Gasteiger partial charge in [0.1, 0.15) is 0 Å². The Morgan fingerprint density at radius 1 is 1.22 bits per heavy atom. The predicted molar refractivity (Wildman–Crippen MR) is 99.1 cm³/mol. The Morgan fingerprint density at radius 2 is 1.91 bits per heavy atom. The molecule has 8 heteroatoms. The molecule has 3 heterocycles. The number of piperidine rings is 1. The molecule has 1 amide bonds. The van der Waals surface area contributed by atoms with E-state index in [2.05, 4.69) is 20.6 Å². The number of carbonyl (C=O) groups is 1. The summed E-state index contributed by atoms with van der Waals surface area (Å²) in [6, 6.07) is 0. The van der Waals surface area contributed by atoms with Gasteiger partial charge in [-0.15, -0.1) is 36.2 Å². The van der Waals surface area contributed by atoms with E-state index in [0.29, 0.717) is 18.2 Å². The van der Waals surface area contributed by atoms with E-state index in [1.54, 1.807) is 11.3 Å². The van der Waals surface area contributed by atoms with E-state index in [1.165, 1.54) is 17.8 Å². The van der Waals surface area contributed by atoms with Gasteiger partial charge in [0.15, 0.2) is 0 Å². The molecule has 132 valence electrons. The van der Waals surface area contributed by atoms with Crippen molar-refractivity contribution in [2.24, 2.45) is 0 Å². The highest BCUT2D eigenvalue weighted by Crippen LogP contribution is 2.29. The maximum absolute atomic E-state index is 12.2. The molecule has 2 fully saturated rings. The zero-order valence-electron chi connectivity index (χ0n) is 13.3. The maximum Gasteiger partial charge on any atom is 0.223 e. The van der Waals surface area contributed by atoms with E-state index in [9.17, 15) is 4.79 Å². The van der Waals surface area contributed by atoms with Gasteiger partial charge in [-0.25, -0.2) is 4.98 Å². The fourth-order valence-electron chi connectivity index (χ4n) is 3.17. The van der Waals surface area contributed by atoms with Crippen LogP contribution in [0, 0.1) is 0 Å². The number of carbonyl (C=O) groups excluding carboxylic acids is 1. The minimum atomic E-state index is 0. The van der Waals surface area contributed by atoms with Crippen molar-refractivity contribution < 1.29 is 4.79 Å². The first-order valence-corrected chi connectivity index (χ1v) is 8.81. The zero-order chi connectivity index (χ0) is 14.5. The molecule has 1 N–H and O–H groups in total. The maximum atomic E-state index is 12.2. The number of rotatable bonds is 4. The number of piperazine rings is 1. The first kappa shape index (κ1) is 20.6. The van der Waals surface area contributed by atoms with Crippen LogP contribution in [0.3, 0.4) is 0 Å². The van der Waals surface area contributed by atoms with E-state index in [-0.39, 0.29) is 24.8 Å². The van der Waals surface area contributed by atoms with Crippen LogP contribution < -0.4 is 5.32 Å². The number of likely N-dealkylation sites (tertiary alicyclic amines) is 1. The van der Waals surface area contributed by atoms with Gasteiger partial charge in [-0.05, 0) is 25.9 Å². The molecular weight excluding hydrogens is 355 g/mol. The molecular formula is C15H26Cl2N4OS. The van der Waals surface area contributed by atoms with E-state index in [4.69, 9.17) is 0 Å². The second-order valence-electron chi connectivity index (χ2n) is 5.87. The molecule has 0 spiro atoms. The summed E-state index contributed by atoms with van der Waals surface area (Å²) in [6.45, 7) is 6.71. The second kappa shape index (κ2) is 10.5. The SMILES string of the molecule is Cl.Cl.O=C(CCN1CCC(c2nccs2)CC1)N1CCNCC1. The Morgan fingerprint density at radius 3 is 2.52 bits per heavy atom. The molecule has 5 nitrogen and oxygen atoms in total. The summed E-state index contributed by atoms with van der Waals surface area (Å²) in [6.07, 6.45) is 4.92. The van der Waals surface area contributed by atoms with Gasteiger partial charge in [0.2, 0.25) is 5.91 Å². The number of hydrogen-bond donors (Lipinski definition) is 1. The Hall–Kier alpha value is -0.400. The molecule has 1 aromatic rings. The van der Waals surface area contributed by atoms with Gasteiger partial charge in [0, 0.05) is 56.6 Å². The fourth-order valence-corrected chi connectivity index (χ4v) is 3.98. The smallest absolute Gasteiger partial charge is 0.223 e. The minimum Gasteiger partial charge on any atom is -0.340 e. The lowest BCUT2D eigenvalue weighted by molar-refractivity contribution is -0.132. The first-order valence-electron chi connectivity index (χ1n) is 7.93. The third-order valence-corrected chi connectivity index (χ3v) is 5.44. The Labute approximate surface area is 154 Å². The van der Waals surface area contributed by atoms with E-state index in [0.717, 1.165) is 45.8 Å². The first-order chi connectivity index (χ1) is 10.3. The molecule has 23 heavy (non-hydrogen) atoms. The number of hydrogen-bond acceptors (Lipinski definition) is 5. The number of aromatic nitrogens is 1. The third kappa shape index (κ3) is 5.87. The molecule has 0 aliphatic carbocycles. The van der Waals surface area contributed by atoms with E-state index < -0.39 is 0 Å². The third-order valence-electron chi connectivity index (χ3n) is 4.50. The standard InChI is InChI=1S/C15H24N4OS.2ClH/c20-14(19-10-4-16-5-11-19)3-9-18-7-1-13(2-8-18)15-17-6-12-21-15;;/h6,12-13,16H,1-5,7-11H2;2*1H. The zero-order valence-corrected chi connectivity index (χ0v) is 15.7. The number of thiazole rings is 1. The molecule has 1 aromatic heterocycles. The summed E-state index contributed by atoms with van der Waals surface area (Å²) >= 11 is 1.77. The molecule has 2 aliphatic heterocycles. The lowest BCUT2D eigenvalue weighted by Gasteiger charge is -2.32. The van der Waals surface area contributed by atoms with Crippen molar-refractivity contribution in [3.05, 3.63) is 16.6 Å². The van der Waals surface area contributed by atoms with Gasteiger partial charge < -0.3 is 15.1 Å². The predicted octanol–water partition coefficient (Wildman–Crippen LogP) is 1.99. The van der Waals surface area contributed by atoms with Crippen LogP contribution >= 0.6 is 36.2 Å². The van der Waals surface area contributed by atoms with Crippen molar-refractivity contribution in [1.29, 1.82) is 0 Å². The summed E-state index contributed by atoms with van der Waals surface area (Å²) < 4.78 is 0. The van der Waals surface area contributed by atoms with Crippen LogP contribution in [0.5, 0.6) is 0 Å². The number of nitrogens with one attached hydrogen (secondary N) is 1. The number of halogens is 2. The highest BCUT2D eigenvalue weighted by atomic mass is 35.5. The van der Waals surface area contributed by atoms with Crippen LogP contribution in [0.15, 0.2) is 11.6 Å². The fraction of sp³-hybridized carbons (Fsp3) is 0.733. The van der Waals surface area contributed by atoms with Crippen LogP contribution in [-0.4, -0.2) is 66.5 Å². The molecule has 0 unspecified atom stereocenters. The van der Waals surface area contributed by atoms with Gasteiger partial charge >= 0.3 is 0 Å². The lowest BCUT2D eigenvalue weighted by Crippen LogP contribution is -2.47. The molecule has 0 atom stereocenters. The van der Waals surface area contributed by atoms with Crippen molar-refractivity contribution in [3.63, 3.8) is 0 Å². The summed E-state index contributed by atoms with van der Waals surface area (Å²) in [5.74, 6) is 0.948. The Bertz CT molecular complexity index is 446. The molecule has 2 aliphatic rings. The molecule has 0 saturated carbocycles. The minimum absolute atomic E-state index is 0. The Balaban J connectivity index is 0.00000132. The van der Waals surface area contributed by atoms with Crippen molar-refractivity contribution in [2.45, 2.75) is 25.2 Å². The van der Waals surface area contributed by atoms with Crippen LogP contribution in [0.2, 0.25) is 0 Å². The summed E-state index contributed by atoms with van der Waals surface area (Å²) in [4.78, 5) is 21.0.